The van der Waals surface area contributed by atoms with Gasteiger partial charge in [-0.3, -0.25) is 4.79 Å². The molecule has 1 rings (SSSR count). The van der Waals surface area contributed by atoms with E-state index in [1.807, 2.05) is 6.07 Å². The van der Waals surface area contributed by atoms with Crippen LogP contribution in [0, 0.1) is 11.2 Å². The molecular weight excluding hydrogens is 300 g/mol. The topological polar surface area (TPSA) is 42.0 Å². The molecule has 0 aliphatic heterocycles. The molecule has 0 saturated carbocycles. The minimum atomic E-state index is -0.897. The first-order chi connectivity index (χ1) is 7.78. The molecule has 0 aliphatic rings. The van der Waals surface area contributed by atoms with Crippen LogP contribution in [0.2, 0.25) is 0 Å². The summed E-state index contributed by atoms with van der Waals surface area (Å²) in [6.45, 7) is 1.45. The molecule has 0 saturated heterocycles. The van der Waals surface area contributed by atoms with Gasteiger partial charge in [-0.2, -0.15) is 10.0 Å². The Morgan fingerprint density at radius 2 is 2.12 bits per heavy atom. The maximum absolute atomic E-state index is 11.0. The Hall–Kier alpha value is -0.990. The molecule has 0 aromatic carbocycles. The fourth-order valence-electron chi connectivity index (χ4n) is 1.01. The molecule has 0 spiro atoms. The van der Waals surface area contributed by atoms with Gasteiger partial charge in [-0.1, -0.05) is 5.92 Å². The number of pyridine rings is 1. The van der Waals surface area contributed by atoms with Crippen LogP contribution in [0.25, 0.3) is 0 Å². The van der Waals surface area contributed by atoms with Gasteiger partial charge in [-0.15, -0.1) is 0 Å². The molecule has 0 fully saturated rings. The highest BCUT2D eigenvalue weighted by molar-refractivity contribution is 9.10. The predicted octanol–water partition coefficient (Wildman–Crippen LogP) is 2.81. The van der Waals surface area contributed by atoms with Gasteiger partial charge in [0, 0.05) is 17.6 Å². The second kappa shape index (κ2) is 5.56. The number of hydrogen-bond acceptors (Lipinski definition) is 2. The second-order valence-electron chi connectivity index (χ2n) is 4.30. The molecule has 1 aromatic heterocycles. The number of amides is 1. The van der Waals surface area contributed by atoms with E-state index >= 15 is 0 Å². The summed E-state index contributed by atoms with van der Waals surface area (Å²) < 4.78 is 0.847. The Morgan fingerprint density at radius 3 is 2.65 bits per heavy atom. The lowest BCUT2D eigenvalue weighted by atomic mass is 10.2. The molecule has 3 nitrogen and oxygen atoms in total. The molecule has 0 aliphatic carbocycles. The molecule has 0 unspecified atom stereocenters. The summed E-state index contributed by atoms with van der Waals surface area (Å²) in [4.78, 5) is 15.2. The SMILES string of the molecule is CC(=O)Nc1ncc(Br)cc1C#CS(C)(C)C. The van der Waals surface area contributed by atoms with E-state index in [-0.39, 0.29) is 5.91 Å². The zero-order valence-corrected chi connectivity index (χ0v) is 12.7. The van der Waals surface area contributed by atoms with Crippen molar-refractivity contribution in [3.63, 3.8) is 0 Å². The average molecular weight is 315 g/mol. The van der Waals surface area contributed by atoms with Gasteiger partial charge in [0.2, 0.25) is 5.91 Å². The minimum absolute atomic E-state index is 0.147. The van der Waals surface area contributed by atoms with Crippen LogP contribution in [0.4, 0.5) is 5.82 Å². The number of carbonyl (C=O) groups excluding carboxylic acids is 1. The first-order valence-corrected chi connectivity index (χ1v) is 8.57. The molecule has 1 aromatic rings. The Balaban J connectivity index is 3.14. The van der Waals surface area contributed by atoms with Crippen molar-refractivity contribution in [2.75, 3.05) is 24.1 Å². The molecule has 0 atom stereocenters. The first-order valence-electron chi connectivity index (χ1n) is 4.92. The number of anilines is 1. The van der Waals surface area contributed by atoms with Crippen molar-refractivity contribution in [3.05, 3.63) is 22.3 Å². The van der Waals surface area contributed by atoms with Gasteiger partial charge in [0.05, 0.1) is 5.56 Å². The highest BCUT2D eigenvalue weighted by Crippen LogP contribution is 2.32. The van der Waals surface area contributed by atoms with Gasteiger partial charge in [0.25, 0.3) is 0 Å². The Labute approximate surface area is 112 Å². The maximum atomic E-state index is 11.0. The van der Waals surface area contributed by atoms with Gasteiger partial charge < -0.3 is 5.32 Å². The van der Waals surface area contributed by atoms with Crippen molar-refractivity contribution in [3.8, 4) is 11.2 Å². The van der Waals surface area contributed by atoms with Crippen molar-refractivity contribution in [1.29, 1.82) is 0 Å². The summed E-state index contributed by atoms with van der Waals surface area (Å²) in [6.07, 6.45) is 7.98. The van der Waals surface area contributed by atoms with Crippen LogP contribution in [0.15, 0.2) is 16.7 Å². The molecule has 5 heteroatoms. The average Bonchev–Trinajstić information content (AvgIpc) is 2.16. The van der Waals surface area contributed by atoms with Crippen LogP contribution in [0.3, 0.4) is 0 Å². The molecule has 92 valence electrons. The fraction of sp³-hybridized carbons (Fsp3) is 0.333. The van der Waals surface area contributed by atoms with E-state index in [4.69, 9.17) is 0 Å². The standard InChI is InChI=1S/C12H15BrN2OS/c1-9(16)15-12-10(5-6-17(2,3)4)7-11(13)8-14-12/h7-8H,1-4H3,(H,14,15,16). The van der Waals surface area contributed by atoms with Crippen molar-refractivity contribution >= 4 is 37.7 Å². The van der Waals surface area contributed by atoms with E-state index < -0.39 is 10.0 Å². The number of rotatable bonds is 1. The van der Waals surface area contributed by atoms with Crippen LogP contribution < -0.4 is 5.32 Å². The number of nitrogens with one attached hydrogen (secondary N) is 1. The van der Waals surface area contributed by atoms with Gasteiger partial charge >= 0.3 is 0 Å². The van der Waals surface area contributed by atoms with Crippen molar-refractivity contribution < 1.29 is 4.79 Å². The largest absolute Gasteiger partial charge is 0.310 e. The quantitative estimate of drug-likeness (QED) is 0.810. The normalized spacial score (nSPS) is 11.4. The number of aromatic nitrogens is 1. The molecule has 0 radical (unpaired) electrons. The number of hydrogen-bond donors (Lipinski definition) is 1. The van der Waals surface area contributed by atoms with E-state index in [2.05, 4.69) is 56.2 Å². The number of carbonyl (C=O) groups is 1. The zero-order chi connectivity index (χ0) is 13.1. The summed E-state index contributed by atoms with van der Waals surface area (Å²) >= 11 is 3.35. The lowest BCUT2D eigenvalue weighted by Gasteiger charge is -2.15. The third-order valence-electron chi connectivity index (χ3n) is 1.64. The highest BCUT2D eigenvalue weighted by atomic mass is 79.9. The number of halogens is 1. The third kappa shape index (κ3) is 5.24. The number of nitrogens with zero attached hydrogens (tertiary/aromatic N) is 1. The lowest BCUT2D eigenvalue weighted by molar-refractivity contribution is -0.114. The maximum Gasteiger partial charge on any atom is 0.222 e. The third-order valence-corrected chi connectivity index (χ3v) is 2.79. The van der Waals surface area contributed by atoms with Crippen LogP contribution in [-0.2, 0) is 4.79 Å². The van der Waals surface area contributed by atoms with Gasteiger partial charge in [-0.25, -0.2) is 4.98 Å². The van der Waals surface area contributed by atoms with Crippen LogP contribution >= 0.6 is 26.0 Å². The van der Waals surface area contributed by atoms with Crippen molar-refractivity contribution in [2.45, 2.75) is 6.92 Å². The molecule has 1 N–H and O–H groups in total. The molecule has 0 bridgehead atoms. The highest BCUT2D eigenvalue weighted by Gasteiger charge is 2.05. The smallest absolute Gasteiger partial charge is 0.222 e. The van der Waals surface area contributed by atoms with E-state index in [1.165, 1.54) is 6.92 Å². The Bertz CT molecular complexity index is 497. The van der Waals surface area contributed by atoms with E-state index in [9.17, 15) is 4.79 Å². The summed E-state index contributed by atoms with van der Waals surface area (Å²) in [5.74, 6) is 3.44. The van der Waals surface area contributed by atoms with Gasteiger partial charge in [-0.05, 0) is 46.0 Å². The van der Waals surface area contributed by atoms with Gasteiger partial charge in [0.1, 0.15) is 5.82 Å². The fourth-order valence-corrected chi connectivity index (χ4v) is 1.76. The van der Waals surface area contributed by atoms with Crippen LogP contribution in [-0.4, -0.2) is 29.7 Å². The summed E-state index contributed by atoms with van der Waals surface area (Å²) in [7, 11) is -0.897. The molecule has 1 heterocycles. The van der Waals surface area contributed by atoms with Crippen molar-refractivity contribution in [2.24, 2.45) is 0 Å². The lowest BCUT2D eigenvalue weighted by Crippen LogP contribution is -2.09. The summed E-state index contributed by atoms with van der Waals surface area (Å²) in [6, 6.07) is 1.86. The molecule has 1 amide bonds. The van der Waals surface area contributed by atoms with E-state index in [0.717, 1.165) is 10.0 Å². The van der Waals surface area contributed by atoms with E-state index in [0.29, 0.717) is 5.82 Å². The zero-order valence-electron chi connectivity index (χ0n) is 10.3. The van der Waals surface area contributed by atoms with Crippen molar-refractivity contribution in [1.82, 2.24) is 4.98 Å². The monoisotopic (exact) mass is 314 g/mol. The predicted molar refractivity (Wildman–Crippen MR) is 78.5 cm³/mol. The summed E-state index contributed by atoms with van der Waals surface area (Å²) in [5, 5.41) is 5.87. The van der Waals surface area contributed by atoms with Gasteiger partial charge in [0.15, 0.2) is 0 Å². The Kier molecular flexibility index (Phi) is 4.61. The minimum Gasteiger partial charge on any atom is -0.310 e. The van der Waals surface area contributed by atoms with Crippen LogP contribution in [0.5, 0.6) is 0 Å². The summed E-state index contributed by atoms with van der Waals surface area (Å²) in [5.41, 5.74) is 0.733. The Morgan fingerprint density at radius 1 is 1.47 bits per heavy atom. The van der Waals surface area contributed by atoms with Crippen LogP contribution in [0.1, 0.15) is 12.5 Å². The molecular formula is C12H15BrN2OS. The molecule has 17 heavy (non-hydrogen) atoms. The van der Waals surface area contributed by atoms with E-state index in [1.54, 1.807) is 6.20 Å². The first kappa shape index (κ1) is 14.1. The second-order valence-corrected chi connectivity index (χ2v) is 9.09.